The normalized spacial score (nSPS) is 10.6. The first-order chi connectivity index (χ1) is 10.7. The summed E-state index contributed by atoms with van der Waals surface area (Å²) in [6.07, 6.45) is 0.498. The van der Waals surface area contributed by atoms with Crippen molar-refractivity contribution in [3.05, 3.63) is 57.7 Å². The van der Waals surface area contributed by atoms with Crippen molar-refractivity contribution in [3.8, 4) is 10.7 Å². The maximum absolute atomic E-state index is 12.0. The molecule has 5 nitrogen and oxygen atoms in total. The molecule has 2 aromatic heterocycles. The van der Waals surface area contributed by atoms with Crippen molar-refractivity contribution in [2.75, 3.05) is 6.54 Å². The number of rotatable bonds is 5. The molecule has 0 bridgehead atoms. The maximum atomic E-state index is 12.0. The fourth-order valence-corrected chi connectivity index (χ4v) is 2.93. The SMILES string of the molecule is O=C(NCCc1nc(-c2cccs2)no1)c1cccc(Br)c1. The van der Waals surface area contributed by atoms with Crippen molar-refractivity contribution < 1.29 is 9.32 Å². The molecule has 1 N–H and O–H groups in total. The van der Waals surface area contributed by atoms with Crippen LogP contribution in [0.2, 0.25) is 0 Å². The summed E-state index contributed by atoms with van der Waals surface area (Å²) in [7, 11) is 0. The molecule has 0 unspecified atom stereocenters. The number of carbonyl (C=O) groups is 1. The average molecular weight is 378 g/mol. The second kappa shape index (κ2) is 6.85. The van der Waals surface area contributed by atoms with Crippen LogP contribution in [0.4, 0.5) is 0 Å². The number of carbonyl (C=O) groups excluding carboxylic acids is 1. The molecule has 0 aliphatic heterocycles. The lowest BCUT2D eigenvalue weighted by Gasteiger charge is -2.03. The third-order valence-corrected chi connectivity index (χ3v) is 4.28. The van der Waals surface area contributed by atoms with E-state index in [4.69, 9.17) is 4.52 Å². The quantitative estimate of drug-likeness (QED) is 0.738. The van der Waals surface area contributed by atoms with Crippen molar-refractivity contribution in [2.45, 2.75) is 6.42 Å². The summed E-state index contributed by atoms with van der Waals surface area (Å²) in [6, 6.07) is 11.1. The van der Waals surface area contributed by atoms with Gasteiger partial charge in [0.25, 0.3) is 5.91 Å². The molecule has 2 heterocycles. The minimum Gasteiger partial charge on any atom is -0.352 e. The summed E-state index contributed by atoms with van der Waals surface area (Å²) in [4.78, 5) is 17.3. The Hall–Kier alpha value is -1.99. The molecule has 22 heavy (non-hydrogen) atoms. The van der Waals surface area contributed by atoms with Gasteiger partial charge in [0.05, 0.1) is 4.88 Å². The third kappa shape index (κ3) is 3.61. The van der Waals surface area contributed by atoms with Crippen molar-refractivity contribution in [2.24, 2.45) is 0 Å². The third-order valence-electron chi connectivity index (χ3n) is 2.92. The largest absolute Gasteiger partial charge is 0.352 e. The van der Waals surface area contributed by atoms with Gasteiger partial charge < -0.3 is 9.84 Å². The lowest BCUT2D eigenvalue weighted by molar-refractivity contribution is 0.0953. The van der Waals surface area contributed by atoms with Crippen LogP contribution in [0, 0.1) is 0 Å². The molecule has 0 spiro atoms. The minimum absolute atomic E-state index is 0.126. The van der Waals surface area contributed by atoms with Crippen LogP contribution in [0.1, 0.15) is 16.2 Å². The molecule has 3 rings (SSSR count). The zero-order chi connectivity index (χ0) is 15.4. The summed E-state index contributed by atoms with van der Waals surface area (Å²) in [6.45, 7) is 0.442. The zero-order valence-corrected chi connectivity index (χ0v) is 13.9. The Morgan fingerprint density at radius 3 is 3.00 bits per heavy atom. The predicted molar refractivity (Wildman–Crippen MR) is 87.8 cm³/mol. The van der Waals surface area contributed by atoms with E-state index in [0.29, 0.717) is 30.2 Å². The van der Waals surface area contributed by atoms with E-state index < -0.39 is 0 Å². The van der Waals surface area contributed by atoms with Crippen LogP contribution in [-0.4, -0.2) is 22.6 Å². The Morgan fingerprint density at radius 1 is 1.32 bits per heavy atom. The summed E-state index contributed by atoms with van der Waals surface area (Å²) < 4.78 is 6.05. The summed E-state index contributed by atoms with van der Waals surface area (Å²) in [5, 5.41) is 8.73. The average Bonchev–Trinajstić information content (AvgIpc) is 3.18. The van der Waals surface area contributed by atoms with E-state index in [1.165, 1.54) is 0 Å². The van der Waals surface area contributed by atoms with E-state index in [1.807, 2.05) is 29.6 Å². The first kappa shape index (κ1) is 14.9. The van der Waals surface area contributed by atoms with Gasteiger partial charge in [-0.2, -0.15) is 4.98 Å². The van der Waals surface area contributed by atoms with E-state index in [1.54, 1.807) is 23.5 Å². The number of hydrogen-bond donors (Lipinski definition) is 1. The Balaban J connectivity index is 1.54. The molecule has 0 aliphatic carbocycles. The van der Waals surface area contributed by atoms with Crippen LogP contribution in [0.25, 0.3) is 10.7 Å². The Bertz CT molecular complexity index is 771. The molecule has 1 amide bonds. The lowest BCUT2D eigenvalue weighted by Crippen LogP contribution is -2.25. The number of hydrogen-bond acceptors (Lipinski definition) is 5. The monoisotopic (exact) mass is 377 g/mol. The fourth-order valence-electron chi connectivity index (χ4n) is 1.88. The number of nitrogens with zero attached hydrogens (tertiary/aromatic N) is 2. The van der Waals surface area contributed by atoms with Crippen LogP contribution >= 0.6 is 27.3 Å². The van der Waals surface area contributed by atoms with Gasteiger partial charge in [0.15, 0.2) is 0 Å². The van der Waals surface area contributed by atoms with Crippen molar-refractivity contribution >= 4 is 33.2 Å². The molecule has 7 heteroatoms. The first-order valence-electron chi connectivity index (χ1n) is 6.62. The van der Waals surface area contributed by atoms with Gasteiger partial charge in [-0.05, 0) is 29.6 Å². The minimum atomic E-state index is -0.126. The van der Waals surface area contributed by atoms with E-state index in [0.717, 1.165) is 9.35 Å². The van der Waals surface area contributed by atoms with Crippen LogP contribution in [0.15, 0.2) is 50.8 Å². The molecule has 0 saturated carbocycles. The second-order valence-electron chi connectivity index (χ2n) is 4.51. The molecular weight excluding hydrogens is 366 g/mol. The van der Waals surface area contributed by atoms with Crippen molar-refractivity contribution in [1.29, 1.82) is 0 Å². The highest BCUT2D eigenvalue weighted by Crippen LogP contribution is 2.21. The Morgan fingerprint density at radius 2 is 2.23 bits per heavy atom. The number of amides is 1. The first-order valence-corrected chi connectivity index (χ1v) is 8.30. The molecular formula is C15H12BrN3O2S. The van der Waals surface area contributed by atoms with Gasteiger partial charge in [-0.1, -0.05) is 33.2 Å². The highest BCUT2D eigenvalue weighted by atomic mass is 79.9. The van der Waals surface area contributed by atoms with Gasteiger partial charge in [-0.25, -0.2) is 0 Å². The summed E-state index contributed by atoms with van der Waals surface area (Å²) in [5.41, 5.74) is 0.610. The maximum Gasteiger partial charge on any atom is 0.251 e. The predicted octanol–water partition coefficient (Wildman–Crippen LogP) is 3.53. The molecule has 0 atom stereocenters. The molecule has 0 fully saturated rings. The topological polar surface area (TPSA) is 68.0 Å². The van der Waals surface area contributed by atoms with Crippen molar-refractivity contribution in [1.82, 2.24) is 15.5 Å². The van der Waals surface area contributed by atoms with E-state index >= 15 is 0 Å². The lowest BCUT2D eigenvalue weighted by atomic mass is 10.2. The van der Waals surface area contributed by atoms with Crippen LogP contribution in [-0.2, 0) is 6.42 Å². The second-order valence-corrected chi connectivity index (χ2v) is 6.37. The van der Waals surface area contributed by atoms with Crippen LogP contribution in [0.5, 0.6) is 0 Å². The van der Waals surface area contributed by atoms with Gasteiger partial charge in [0.2, 0.25) is 11.7 Å². The zero-order valence-electron chi connectivity index (χ0n) is 11.5. The number of thiophene rings is 1. The fraction of sp³-hybridized carbons (Fsp3) is 0.133. The van der Waals surface area contributed by atoms with Gasteiger partial charge in [-0.3, -0.25) is 4.79 Å². The molecule has 0 radical (unpaired) electrons. The van der Waals surface area contributed by atoms with Gasteiger partial charge >= 0.3 is 0 Å². The molecule has 112 valence electrons. The van der Waals surface area contributed by atoms with E-state index in [2.05, 4.69) is 31.4 Å². The highest BCUT2D eigenvalue weighted by Gasteiger charge is 2.10. The number of aromatic nitrogens is 2. The molecule has 1 aromatic carbocycles. The van der Waals surface area contributed by atoms with Gasteiger partial charge in [-0.15, -0.1) is 11.3 Å². The number of nitrogens with one attached hydrogen (secondary N) is 1. The van der Waals surface area contributed by atoms with Crippen LogP contribution < -0.4 is 5.32 Å². The smallest absolute Gasteiger partial charge is 0.251 e. The van der Waals surface area contributed by atoms with Gasteiger partial charge in [0, 0.05) is 23.0 Å². The number of benzene rings is 1. The molecule has 3 aromatic rings. The highest BCUT2D eigenvalue weighted by molar-refractivity contribution is 9.10. The molecule has 0 saturated heterocycles. The van der Waals surface area contributed by atoms with E-state index in [9.17, 15) is 4.79 Å². The Kier molecular flexibility index (Phi) is 4.65. The van der Waals surface area contributed by atoms with Crippen molar-refractivity contribution in [3.63, 3.8) is 0 Å². The summed E-state index contributed by atoms with van der Waals surface area (Å²) in [5.74, 6) is 0.973. The van der Waals surface area contributed by atoms with Crippen LogP contribution in [0.3, 0.4) is 0 Å². The van der Waals surface area contributed by atoms with Gasteiger partial charge in [0.1, 0.15) is 0 Å². The molecule has 0 aliphatic rings. The van der Waals surface area contributed by atoms with E-state index in [-0.39, 0.29) is 5.91 Å². The Labute approximate surface area is 139 Å². The standard InChI is InChI=1S/C15H12BrN3O2S/c16-11-4-1-3-10(9-11)15(20)17-7-6-13-18-14(19-21-13)12-5-2-8-22-12/h1-5,8-9H,6-7H2,(H,17,20). The summed E-state index contributed by atoms with van der Waals surface area (Å²) >= 11 is 4.90. The number of halogens is 1.